The van der Waals surface area contributed by atoms with E-state index in [1.807, 2.05) is 0 Å². The first kappa shape index (κ1) is 25.7. The summed E-state index contributed by atoms with van der Waals surface area (Å²) in [4.78, 5) is 0. The van der Waals surface area contributed by atoms with Crippen LogP contribution < -0.4 is 0 Å². The van der Waals surface area contributed by atoms with E-state index in [0.717, 1.165) is 6.42 Å². The first-order valence-corrected chi connectivity index (χ1v) is 9.33. The molecule has 0 saturated carbocycles. The molecule has 8 heteroatoms. The van der Waals surface area contributed by atoms with Gasteiger partial charge in [-0.25, -0.2) is 0 Å². The number of methoxy groups -OCH3 is 2. The average Bonchev–Trinajstić information content (AvgIpc) is 2.66. The highest BCUT2D eigenvalue weighted by molar-refractivity contribution is 4.53. The minimum atomic E-state index is 0.0777. The highest BCUT2D eigenvalue weighted by atomic mass is 16.6. The molecule has 0 aliphatic heterocycles. The molecule has 0 N–H and O–H groups in total. The molecule has 1 atom stereocenters. The molecule has 0 amide bonds. The van der Waals surface area contributed by atoms with Crippen molar-refractivity contribution in [3.8, 4) is 0 Å². The van der Waals surface area contributed by atoms with Crippen molar-refractivity contribution in [3.05, 3.63) is 0 Å². The van der Waals surface area contributed by atoms with Crippen molar-refractivity contribution in [2.24, 2.45) is 0 Å². The van der Waals surface area contributed by atoms with Crippen molar-refractivity contribution in [2.45, 2.75) is 19.4 Å². The summed E-state index contributed by atoms with van der Waals surface area (Å²) in [5, 5.41) is 0. The average molecular weight is 382 g/mol. The van der Waals surface area contributed by atoms with Crippen LogP contribution in [0.1, 0.15) is 13.3 Å². The number of hydrogen-bond acceptors (Lipinski definition) is 8. The van der Waals surface area contributed by atoms with Gasteiger partial charge in [0, 0.05) is 14.2 Å². The highest BCUT2D eigenvalue weighted by Gasteiger charge is 2.06. The molecule has 0 heterocycles. The molecule has 0 rings (SSSR count). The van der Waals surface area contributed by atoms with E-state index < -0.39 is 0 Å². The Bertz CT molecular complexity index is 255. The maximum atomic E-state index is 5.74. The Balaban J connectivity index is 3.28. The van der Waals surface area contributed by atoms with Gasteiger partial charge >= 0.3 is 0 Å². The van der Waals surface area contributed by atoms with Crippen LogP contribution >= 0.6 is 0 Å². The Morgan fingerprint density at radius 1 is 0.500 bits per heavy atom. The molecule has 0 aliphatic carbocycles. The molecule has 0 saturated heterocycles. The van der Waals surface area contributed by atoms with Crippen LogP contribution in [0, 0.1) is 0 Å². The van der Waals surface area contributed by atoms with Crippen molar-refractivity contribution in [2.75, 3.05) is 100 Å². The summed E-state index contributed by atoms with van der Waals surface area (Å²) in [7, 11) is 3.30. The third-order valence-corrected chi connectivity index (χ3v) is 3.32. The molecule has 0 radical (unpaired) electrons. The van der Waals surface area contributed by atoms with Crippen molar-refractivity contribution >= 4 is 0 Å². The minimum absolute atomic E-state index is 0.0777. The third kappa shape index (κ3) is 20.0. The normalized spacial score (nSPS) is 12.6. The van der Waals surface area contributed by atoms with Crippen LogP contribution in [0.4, 0.5) is 0 Å². The fraction of sp³-hybridized carbons (Fsp3) is 1.00. The lowest BCUT2D eigenvalue weighted by Crippen LogP contribution is -2.23. The Morgan fingerprint density at radius 3 is 1.31 bits per heavy atom. The Kier molecular flexibility index (Phi) is 22.4. The van der Waals surface area contributed by atoms with Gasteiger partial charge in [-0.05, 0) is 6.42 Å². The summed E-state index contributed by atoms with van der Waals surface area (Å²) in [5.74, 6) is 0. The largest absolute Gasteiger partial charge is 0.382 e. The first-order chi connectivity index (χ1) is 12.8. The zero-order chi connectivity index (χ0) is 19.1. The van der Waals surface area contributed by atoms with Crippen LogP contribution in [0.15, 0.2) is 0 Å². The molecular weight excluding hydrogens is 344 g/mol. The lowest BCUT2D eigenvalue weighted by atomic mass is 10.3. The number of hydrogen-bond donors (Lipinski definition) is 0. The zero-order valence-corrected chi connectivity index (χ0v) is 16.7. The summed E-state index contributed by atoms with van der Waals surface area (Å²) in [6, 6.07) is 0. The summed E-state index contributed by atoms with van der Waals surface area (Å²) >= 11 is 0. The topological polar surface area (TPSA) is 73.8 Å². The van der Waals surface area contributed by atoms with Gasteiger partial charge in [0.15, 0.2) is 0 Å². The van der Waals surface area contributed by atoms with Gasteiger partial charge in [-0.2, -0.15) is 0 Å². The van der Waals surface area contributed by atoms with Gasteiger partial charge in [0.05, 0.1) is 92.0 Å². The molecule has 0 aromatic rings. The Hall–Kier alpha value is -0.320. The molecule has 0 spiro atoms. The molecule has 0 bridgehead atoms. The highest BCUT2D eigenvalue weighted by Crippen LogP contribution is 1.99. The Morgan fingerprint density at radius 2 is 0.885 bits per heavy atom. The predicted octanol–water partition coefficient (Wildman–Crippen LogP) is 1.16. The fourth-order valence-electron chi connectivity index (χ4n) is 1.82. The first-order valence-electron chi connectivity index (χ1n) is 9.33. The summed E-state index contributed by atoms with van der Waals surface area (Å²) in [5.41, 5.74) is 0. The van der Waals surface area contributed by atoms with E-state index in [1.165, 1.54) is 0 Å². The van der Waals surface area contributed by atoms with Crippen molar-refractivity contribution in [1.29, 1.82) is 0 Å². The van der Waals surface area contributed by atoms with Crippen LogP contribution in [0.3, 0.4) is 0 Å². The summed E-state index contributed by atoms with van der Waals surface area (Å²) in [6.45, 7) is 9.50. The molecule has 0 aromatic carbocycles. The van der Waals surface area contributed by atoms with Gasteiger partial charge in [-0.15, -0.1) is 0 Å². The van der Waals surface area contributed by atoms with Crippen LogP contribution in [-0.2, 0) is 37.9 Å². The SMILES string of the molecule is CCC(COCCOCCOCCOC)OCCOCCOCCOC. The van der Waals surface area contributed by atoms with E-state index in [0.29, 0.717) is 85.9 Å². The van der Waals surface area contributed by atoms with E-state index in [2.05, 4.69) is 6.92 Å². The van der Waals surface area contributed by atoms with Crippen LogP contribution in [0.5, 0.6) is 0 Å². The summed E-state index contributed by atoms with van der Waals surface area (Å²) < 4.78 is 42.6. The predicted molar refractivity (Wildman–Crippen MR) is 97.9 cm³/mol. The third-order valence-electron chi connectivity index (χ3n) is 3.32. The molecule has 0 fully saturated rings. The van der Waals surface area contributed by atoms with E-state index >= 15 is 0 Å². The lowest BCUT2D eigenvalue weighted by Gasteiger charge is -2.16. The molecule has 26 heavy (non-hydrogen) atoms. The lowest BCUT2D eigenvalue weighted by molar-refractivity contribution is -0.0558. The van der Waals surface area contributed by atoms with Gasteiger partial charge in [0.25, 0.3) is 0 Å². The molecule has 0 aromatic heterocycles. The maximum Gasteiger partial charge on any atom is 0.0807 e. The zero-order valence-electron chi connectivity index (χ0n) is 16.7. The van der Waals surface area contributed by atoms with Crippen molar-refractivity contribution in [3.63, 3.8) is 0 Å². The van der Waals surface area contributed by atoms with Crippen molar-refractivity contribution in [1.82, 2.24) is 0 Å². The monoisotopic (exact) mass is 382 g/mol. The fourth-order valence-corrected chi connectivity index (χ4v) is 1.82. The van der Waals surface area contributed by atoms with Gasteiger partial charge < -0.3 is 37.9 Å². The van der Waals surface area contributed by atoms with E-state index in [4.69, 9.17) is 37.9 Å². The number of rotatable bonds is 22. The number of ether oxygens (including phenoxy) is 8. The smallest absolute Gasteiger partial charge is 0.0807 e. The summed E-state index contributed by atoms with van der Waals surface area (Å²) in [6.07, 6.45) is 0.975. The second-order valence-corrected chi connectivity index (χ2v) is 5.41. The van der Waals surface area contributed by atoms with Crippen LogP contribution in [0.25, 0.3) is 0 Å². The molecular formula is C18H38O8. The van der Waals surface area contributed by atoms with Gasteiger partial charge in [0.2, 0.25) is 0 Å². The molecule has 0 aliphatic rings. The van der Waals surface area contributed by atoms with Crippen molar-refractivity contribution < 1.29 is 37.9 Å². The standard InChI is InChI=1S/C18H38O8/c1-4-18(26-16-15-24-12-10-22-8-6-20-3)17-25-14-13-23-11-9-21-7-5-19-2/h18H,4-17H2,1-3H3. The Labute approximate surface area is 158 Å². The molecule has 8 nitrogen and oxygen atoms in total. The molecule has 1 unspecified atom stereocenters. The van der Waals surface area contributed by atoms with Gasteiger partial charge in [0.1, 0.15) is 0 Å². The van der Waals surface area contributed by atoms with E-state index in [1.54, 1.807) is 14.2 Å². The minimum Gasteiger partial charge on any atom is -0.382 e. The van der Waals surface area contributed by atoms with Crippen LogP contribution in [-0.4, -0.2) is 106 Å². The quantitative estimate of drug-likeness (QED) is 0.258. The van der Waals surface area contributed by atoms with Gasteiger partial charge in [-0.1, -0.05) is 6.92 Å². The van der Waals surface area contributed by atoms with Crippen LogP contribution in [0.2, 0.25) is 0 Å². The van der Waals surface area contributed by atoms with E-state index in [9.17, 15) is 0 Å². The maximum absolute atomic E-state index is 5.74. The second-order valence-electron chi connectivity index (χ2n) is 5.41. The second kappa shape index (κ2) is 22.7. The van der Waals surface area contributed by atoms with Gasteiger partial charge in [-0.3, -0.25) is 0 Å². The van der Waals surface area contributed by atoms with E-state index in [-0.39, 0.29) is 6.10 Å². The molecule has 158 valence electrons.